The molecule has 0 atom stereocenters. The number of para-hydroxylation sites is 1. The lowest BCUT2D eigenvalue weighted by Gasteiger charge is -2.10. The van der Waals surface area contributed by atoms with E-state index < -0.39 is 17.5 Å². The van der Waals surface area contributed by atoms with E-state index in [0.29, 0.717) is 0 Å². The Kier molecular flexibility index (Phi) is 3.24. The van der Waals surface area contributed by atoms with Crippen molar-refractivity contribution in [2.24, 2.45) is 0 Å². The van der Waals surface area contributed by atoms with E-state index in [4.69, 9.17) is 14.3 Å². The predicted octanol–water partition coefficient (Wildman–Crippen LogP) is 2.98. The van der Waals surface area contributed by atoms with Gasteiger partial charge in [-0.25, -0.2) is 0 Å². The number of ether oxygens (including phenoxy) is 1. The average molecular weight is 259 g/mol. The number of nitrogens with zero attached hydrogens (tertiary/aromatic N) is 1. The molecule has 0 aliphatic carbocycles. The number of aromatic nitrogens is 1. The highest BCUT2D eigenvalue weighted by Gasteiger charge is 2.34. The number of alkyl halides is 3. The Labute approximate surface area is 99.6 Å². The summed E-state index contributed by atoms with van der Waals surface area (Å²) >= 11 is 0. The van der Waals surface area contributed by atoms with Crippen LogP contribution in [0.5, 0.6) is 11.8 Å². The lowest BCUT2D eigenvalue weighted by atomic mass is 10.2. The maximum absolute atomic E-state index is 12.7. The number of benzene rings is 1. The SMILES string of the molecule is OCc1coc(Oc2ccccc2C(F)(F)F)n1. The van der Waals surface area contributed by atoms with Crippen LogP contribution in [-0.2, 0) is 12.8 Å². The second-order valence-corrected chi connectivity index (χ2v) is 3.36. The van der Waals surface area contributed by atoms with Crippen LogP contribution >= 0.6 is 0 Å². The van der Waals surface area contributed by atoms with Crippen LogP contribution in [0, 0.1) is 0 Å². The number of oxazole rings is 1. The van der Waals surface area contributed by atoms with Gasteiger partial charge < -0.3 is 14.3 Å². The van der Waals surface area contributed by atoms with Crippen LogP contribution in [-0.4, -0.2) is 10.1 Å². The van der Waals surface area contributed by atoms with Crippen molar-refractivity contribution < 1.29 is 27.4 Å². The van der Waals surface area contributed by atoms with Crippen LogP contribution in [0.2, 0.25) is 0 Å². The van der Waals surface area contributed by atoms with Gasteiger partial charge in [-0.1, -0.05) is 12.1 Å². The zero-order valence-electron chi connectivity index (χ0n) is 8.94. The van der Waals surface area contributed by atoms with Crippen LogP contribution in [0.1, 0.15) is 11.3 Å². The molecule has 0 bridgehead atoms. The van der Waals surface area contributed by atoms with Crippen molar-refractivity contribution in [3.8, 4) is 11.8 Å². The molecule has 1 aromatic heterocycles. The van der Waals surface area contributed by atoms with Crippen molar-refractivity contribution >= 4 is 0 Å². The first-order chi connectivity index (χ1) is 8.50. The van der Waals surface area contributed by atoms with Crippen molar-refractivity contribution in [2.75, 3.05) is 0 Å². The van der Waals surface area contributed by atoms with Crippen molar-refractivity contribution in [2.45, 2.75) is 12.8 Å². The Morgan fingerprint density at radius 1 is 1.28 bits per heavy atom. The van der Waals surface area contributed by atoms with Crippen molar-refractivity contribution in [3.05, 3.63) is 41.8 Å². The van der Waals surface area contributed by atoms with Gasteiger partial charge in [0.1, 0.15) is 17.7 Å². The van der Waals surface area contributed by atoms with E-state index in [0.717, 1.165) is 18.4 Å². The van der Waals surface area contributed by atoms with Crippen LogP contribution in [0.4, 0.5) is 13.2 Å². The standard InChI is InChI=1S/C11H8F3NO3/c12-11(13,14)8-3-1-2-4-9(8)18-10-15-7(5-16)6-17-10/h1-4,6,16H,5H2. The Hall–Kier alpha value is -2.02. The quantitative estimate of drug-likeness (QED) is 0.920. The summed E-state index contributed by atoms with van der Waals surface area (Å²) in [6, 6.07) is 4.71. The van der Waals surface area contributed by atoms with E-state index in [-0.39, 0.29) is 18.4 Å². The Morgan fingerprint density at radius 2 is 2.00 bits per heavy atom. The van der Waals surface area contributed by atoms with Crippen molar-refractivity contribution in [1.29, 1.82) is 0 Å². The van der Waals surface area contributed by atoms with E-state index in [1.807, 2.05) is 0 Å². The first-order valence-electron chi connectivity index (χ1n) is 4.90. The normalized spacial score (nSPS) is 11.6. The van der Waals surface area contributed by atoms with Crippen LogP contribution in [0.25, 0.3) is 0 Å². The molecule has 2 aromatic rings. The largest absolute Gasteiger partial charge is 0.419 e. The molecule has 1 heterocycles. The Bertz CT molecular complexity index is 536. The first-order valence-corrected chi connectivity index (χ1v) is 4.90. The third-order valence-corrected chi connectivity index (χ3v) is 2.08. The number of hydrogen-bond acceptors (Lipinski definition) is 4. The van der Waals surface area contributed by atoms with Crippen LogP contribution in [0.15, 0.2) is 34.9 Å². The highest BCUT2D eigenvalue weighted by molar-refractivity contribution is 5.36. The monoisotopic (exact) mass is 259 g/mol. The fourth-order valence-corrected chi connectivity index (χ4v) is 1.29. The predicted molar refractivity (Wildman–Crippen MR) is 53.9 cm³/mol. The maximum Gasteiger partial charge on any atom is 0.419 e. The summed E-state index contributed by atoms with van der Waals surface area (Å²) in [7, 11) is 0. The third-order valence-electron chi connectivity index (χ3n) is 2.08. The third kappa shape index (κ3) is 2.62. The molecule has 7 heteroatoms. The van der Waals surface area contributed by atoms with E-state index in [1.54, 1.807) is 0 Å². The molecular formula is C11H8F3NO3. The van der Waals surface area contributed by atoms with Gasteiger partial charge >= 0.3 is 12.3 Å². The Balaban J connectivity index is 2.29. The number of rotatable bonds is 3. The second kappa shape index (κ2) is 4.69. The summed E-state index contributed by atoms with van der Waals surface area (Å²) in [5.41, 5.74) is -0.747. The number of halogens is 3. The summed E-state index contributed by atoms with van der Waals surface area (Å²) in [4.78, 5) is 3.64. The van der Waals surface area contributed by atoms with E-state index in [2.05, 4.69) is 4.98 Å². The fraction of sp³-hybridized carbons (Fsp3) is 0.182. The summed E-state index contributed by atoms with van der Waals surface area (Å²) in [5, 5.41) is 8.74. The van der Waals surface area contributed by atoms with Gasteiger partial charge in [-0.05, 0) is 12.1 Å². The lowest BCUT2D eigenvalue weighted by Crippen LogP contribution is -2.06. The highest BCUT2D eigenvalue weighted by atomic mass is 19.4. The molecule has 0 unspecified atom stereocenters. The number of aliphatic hydroxyl groups excluding tert-OH is 1. The summed E-state index contributed by atoms with van der Waals surface area (Å²) < 4.78 is 47.6. The Morgan fingerprint density at radius 3 is 2.61 bits per heavy atom. The average Bonchev–Trinajstić information content (AvgIpc) is 2.76. The fourth-order valence-electron chi connectivity index (χ4n) is 1.29. The minimum Gasteiger partial charge on any atom is -0.417 e. The van der Waals surface area contributed by atoms with Crippen LogP contribution < -0.4 is 4.74 Å². The molecule has 18 heavy (non-hydrogen) atoms. The van der Waals surface area contributed by atoms with Gasteiger partial charge in [0.2, 0.25) is 0 Å². The molecule has 0 saturated heterocycles. The molecule has 2 rings (SSSR count). The lowest BCUT2D eigenvalue weighted by molar-refractivity contribution is -0.138. The number of hydrogen-bond donors (Lipinski definition) is 1. The van der Waals surface area contributed by atoms with Crippen molar-refractivity contribution in [1.82, 2.24) is 4.98 Å². The van der Waals surface area contributed by atoms with Gasteiger partial charge in [0.25, 0.3) is 0 Å². The zero-order valence-corrected chi connectivity index (χ0v) is 8.94. The van der Waals surface area contributed by atoms with Gasteiger partial charge in [-0.3, -0.25) is 0 Å². The summed E-state index contributed by atoms with van der Waals surface area (Å²) in [6.45, 7) is -0.381. The van der Waals surface area contributed by atoms with E-state index in [1.165, 1.54) is 12.1 Å². The second-order valence-electron chi connectivity index (χ2n) is 3.36. The van der Waals surface area contributed by atoms with Gasteiger partial charge in [-0.2, -0.15) is 18.2 Å². The van der Waals surface area contributed by atoms with Gasteiger partial charge in [0, 0.05) is 0 Å². The van der Waals surface area contributed by atoms with Gasteiger partial charge in [0.15, 0.2) is 0 Å². The first kappa shape index (κ1) is 12.4. The summed E-state index contributed by atoms with van der Waals surface area (Å²) in [6.07, 6.45) is -3.77. The molecule has 0 fully saturated rings. The molecule has 0 radical (unpaired) electrons. The molecule has 4 nitrogen and oxygen atoms in total. The topological polar surface area (TPSA) is 55.5 Å². The minimum atomic E-state index is -4.52. The van der Waals surface area contributed by atoms with E-state index in [9.17, 15) is 13.2 Å². The minimum absolute atomic E-state index is 0.175. The molecule has 1 N–H and O–H groups in total. The zero-order chi connectivity index (χ0) is 13.2. The van der Waals surface area contributed by atoms with Crippen LogP contribution in [0.3, 0.4) is 0 Å². The smallest absolute Gasteiger partial charge is 0.417 e. The van der Waals surface area contributed by atoms with Gasteiger partial charge in [0.05, 0.1) is 12.2 Å². The highest BCUT2D eigenvalue weighted by Crippen LogP contribution is 2.37. The molecule has 0 aliphatic heterocycles. The molecule has 0 aliphatic rings. The number of aliphatic hydroxyl groups is 1. The maximum atomic E-state index is 12.7. The molecule has 0 amide bonds. The molecule has 0 saturated carbocycles. The van der Waals surface area contributed by atoms with Crippen molar-refractivity contribution in [3.63, 3.8) is 0 Å². The van der Waals surface area contributed by atoms with Gasteiger partial charge in [-0.15, -0.1) is 0 Å². The van der Waals surface area contributed by atoms with E-state index >= 15 is 0 Å². The summed E-state index contributed by atoms with van der Waals surface area (Å²) in [5.74, 6) is -0.406. The molecule has 0 spiro atoms. The molecule has 96 valence electrons. The molecule has 1 aromatic carbocycles. The molecular weight excluding hydrogens is 251 g/mol.